The number of carbonyl (C=O) groups is 1. The monoisotopic (exact) mass is 363 g/mol. The van der Waals surface area contributed by atoms with Crippen LogP contribution in [0.2, 0.25) is 0 Å². The second-order valence-corrected chi connectivity index (χ2v) is 8.43. The Morgan fingerprint density at radius 2 is 1.59 bits per heavy atom. The first-order valence-corrected chi connectivity index (χ1v) is 9.26. The number of fused-ring (bicyclic) bond motifs is 1. The quantitative estimate of drug-likeness (QED) is 0.690. The summed E-state index contributed by atoms with van der Waals surface area (Å²) in [5.41, 5.74) is 2.98. The van der Waals surface area contributed by atoms with Gasteiger partial charge in [0.25, 0.3) is 5.91 Å². The highest BCUT2D eigenvalue weighted by molar-refractivity contribution is 5.94. The maximum atomic E-state index is 13.0. The van der Waals surface area contributed by atoms with Crippen molar-refractivity contribution >= 4 is 16.9 Å². The summed E-state index contributed by atoms with van der Waals surface area (Å²) in [4.78, 5) is 19.4. The normalized spacial score (nSPS) is 18.6. The van der Waals surface area contributed by atoms with Crippen LogP contribution in [0.25, 0.3) is 16.7 Å². The van der Waals surface area contributed by atoms with Gasteiger partial charge in [0.15, 0.2) is 0 Å². The van der Waals surface area contributed by atoms with Gasteiger partial charge in [0, 0.05) is 24.3 Å². The number of amides is 1. The molecule has 0 unspecified atom stereocenters. The standard InChI is InChI=1S/C22H25N3O2/c1-21(2)13-24(14-22(3,4)27-21)20(26)16-9-11-17(12-10-16)25-15-23-18-7-5-6-8-19(18)25/h5-12,15H,13-14H2,1-4H3. The van der Waals surface area contributed by atoms with Gasteiger partial charge in [-0.2, -0.15) is 0 Å². The highest BCUT2D eigenvalue weighted by Crippen LogP contribution is 2.29. The summed E-state index contributed by atoms with van der Waals surface area (Å²) in [7, 11) is 0. The van der Waals surface area contributed by atoms with Crippen LogP contribution in [0.5, 0.6) is 0 Å². The fraction of sp³-hybridized carbons (Fsp3) is 0.364. The summed E-state index contributed by atoms with van der Waals surface area (Å²) in [5, 5.41) is 0. The summed E-state index contributed by atoms with van der Waals surface area (Å²) in [6, 6.07) is 15.7. The molecule has 1 aromatic heterocycles. The maximum absolute atomic E-state index is 13.0. The van der Waals surface area contributed by atoms with E-state index in [0.29, 0.717) is 18.7 Å². The molecule has 1 fully saturated rings. The van der Waals surface area contributed by atoms with Gasteiger partial charge in [-0.3, -0.25) is 9.36 Å². The van der Waals surface area contributed by atoms with Crippen LogP contribution in [-0.2, 0) is 4.74 Å². The van der Waals surface area contributed by atoms with Gasteiger partial charge in [0.1, 0.15) is 6.33 Å². The molecule has 5 nitrogen and oxygen atoms in total. The molecular formula is C22H25N3O2. The van der Waals surface area contributed by atoms with Crippen molar-refractivity contribution in [2.45, 2.75) is 38.9 Å². The minimum absolute atomic E-state index is 0.0430. The molecule has 0 saturated carbocycles. The van der Waals surface area contributed by atoms with Crippen molar-refractivity contribution < 1.29 is 9.53 Å². The van der Waals surface area contributed by atoms with E-state index in [4.69, 9.17) is 4.74 Å². The number of ether oxygens (including phenoxy) is 1. The predicted molar refractivity (Wildman–Crippen MR) is 106 cm³/mol. The average Bonchev–Trinajstić information content (AvgIpc) is 3.03. The van der Waals surface area contributed by atoms with Crippen molar-refractivity contribution in [3.63, 3.8) is 0 Å². The van der Waals surface area contributed by atoms with Crippen LogP contribution in [0.4, 0.5) is 0 Å². The Bertz CT molecular complexity index is 970. The van der Waals surface area contributed by atoms with Gasteiger partial charge in [-0.25, -0.2) is 4.98 Å². The lowest BCUT2D eigenvalue weighted by molar-refractivity contribution is -0.171. The summed E-state index contributed by atoms with van der Waals surface area (Å²) >= 11 is 0. The molecular weight excluding hydrogens is 338 g/mol. The number of aromatic nitrogens is 2. The molecule has 140 valence electrons. The Morgan fingerprint density at radius 3 is 2.26 bits per heavy atom. The van der Waals surface area contributed by atoms with Gasteiger partial charge in [-0.1, -0.05) is 12.1 Å². The number of benzene rings is 2. The Kier molecular flexibility index (Phi) is 4.07. The van der Waals surface area contributed by atoms with E-state index in [1.807, 2.05) is 92.0 Å². The third-order valence-electron chi connectivity index (χ3n) is 4.83. The summed E-state index contributed by atoms with van der Waals surface area (Å²) in [5.74, 6) is 0.0430. The number of nitrogens with zero attached hydrogens (tertiary/aromatic N) is 3. The second kappa shape index (κ2) is 6.20. The van der Waals surface area contributed by atoms with Gasteiger partial charge >= 0.3 is 0 Å². The number of rotatable bonds is 2. The van der Waals surface area contributed by atoms with Crippen LogP contribution in [0.15, 0.2) is 54.9 Å². The highest BCUT2D eigenvalue weighted by Gasteiger charge is 2.40. The SMILES string of the molecule is CC1(C)CN(C(=O)c2ccc(-n3cnc4ccccc43)cc2)CC(C)(C)O1. The average molecular weight is 363 g/mol. The molecule has 1 saturated heterocycles. The minimum atomic E-state index is -0.354. The topological polar surface area (TPSA) is 47.4 Å². The number of imidazole rings is 1. The fourth-order valence-electron chi connectivity index (χ4n) is 4.04. The number of carbonyl (C=O) groups excluding carboxylic acids is 1. The Hall–Kier alpha value is -2.66. The zero-order valence-electron chi connectivity index (χ0n) is 16.3. The van der Waals surface area contributed by atoms with E-state index in [9.17, 15) is 4.79 Å². The van der Waals surface area contributed by atoms with E-state index >= 15 is 0 Å². The summed E-state index contributed by atoms with van der Waals surface area (Å²) in [6.07, 6.45) is 1.81. The molecule has 0 bridgehead atoms. The molecule has 2 aromatic carbocycles. The smallest absolute Gasteiger partial charge is 0.254 e. The molecule has 1 amide bonds. The molecule has 2 heterocycles. The molecule has 0 aliphatic carbocycles. The lowest BCUT2D eigenvalue weighted by Gasteiger charge is -2.47. The van der Waals surface area contributed by atoms with Gasteiger partial charge in [-0.05, 0) is 64.1 Å². The number of para-hydroxylation sites is 2. The van der Waals surface area contributed by atoms with Gasteiger partial charge in [0.05, 0.1) is 22.2 Å². The summed E-state index contributed by atoms with van der Waals surface area (Å²) < 4.78 is 8.11. The van der Waals surface area contributed by atoms with Crippen molar-refractivity contribution in [3.8, 4) is 5.69 Å². The summed E-state index contributed by atoms with van der Waals surface area (Å²) in [6.45, 7) is 9.29. The lowest BCUT2D eigenvalue weighted by atomic mass is 9.98. The van der Waals surface area contributed by atoms with Crippen molar-refractivity contribution in [3.05, 3.63) is 60.4 Å². The van der Waals surface area contributed by atoms with Crippen LogP contribution < -0.4 is 0 Å². The van der Waals surface area contributed by atoms with E-state index in [1.165, 1.54) is 0 Å². The van der Waals surface area contributed by atoms with Crippen LogP contribution >= 0.6 is 0 Å². The third kappa shape index (κ3) is 3.47. The van der Waals surface area contributed by atoms with Crippen LogP contribution in [-0.4, -0.2) is 44.6 Å². The van der Waals surface area contributed by atoms with Crippen LogP contribution in [0.1, 0.15) is 38.1 Å². The molecule has 0 N–H and O–H groups in total. The van der Waals surface area contributed by atoms with Crippen molar-refractivity contribution in [1.82, 2.24) is 14.5 Å². The largest absolute Gasteiger partial charge is 0.366 e. The molecule has 0 spiro atoms. The van der Waals surface area contributed by atoms with Crippen molar-refractivity contribution in [2.24, 2.45) is 0 Å². The van der Waals surface area contributed by atoms with Crippen LogP contribution in [0.3, 0.4) is 0 Å². The third-order valence-corrected chi connectivity index (χ3v) is 4.83. The maximum Gasteiger partial charge on any atom is 0.254 e. The first-order valence-electron chi connectivity index (χ1n) is 9.26. The molecule has 1 aliphatic rings. The van der Waals surface area contributed by atoms with Gasteiger partial charge in [0.2, 0.25) is 0 Å². The number of hydrogen-bond acceptors (Lipinski definition) is 3. The Balaban J connectivity index is 1.60. The Morgan fingerprint density at radius 1 is 0.963 bits per heavy atom. The molecule has 4 rings (SSSR count). The zero-order chi connectivity index (χ0) is 19.2. The first kappa shape index (κ1) is 17.7. The van der Waals surface area contributed by atoms with Gasteiger partial charge < -0.3 is 9.64 Å². The zero-order valence-corrected chi connectivity index (χ0v) is 16.3. The van der Waals surface area contributed by atoms with E-state index < -0.39 is 0 Å². The number of morpholine rings is 1. The highest BCUT2D eigenvalue weighted by atomic mass is 16.5. The molecule has 0 atom stereocenters. The molecule has 3 aromatic rings. The molecule has 1 aliphatic heterocycles. The second-order valence-electron chi connectivity index (χ2n) is 8.43. The predicted octanol–water partition coefficient (Wildman–Crippen LogP) is 4.06. The first-order chi connectivity index (χ1) is 12.7. The fourth-order valence-corrected chi connectivity index (χ4v) is 4.04. The van der Waals surface area contributed by atoms with Crippen molar-refractivity contribution in [1.29, 1.82) is 0 Å². The van der Waals surface area contributed by atoms with Crippen molar-refractivity contribution in [2.75, 3.05) is 13.1 Å². The number of hydrogen-bond donors (Lipinski definition) is 0. The lowest BCUT2D eigenvalue weighted by Crippen LogP contribution is -2.58. The van der Waals surface area contributed by atoms with E-state index in [0.717, 1.165) is 16.7 Å². The Labute approximate surface area is 159 Å². The molecule has 0 radical (unpaired) electrons. The molecule has 27 heavy (non-hydrogen) atoms. The van der Waals surface area contributed by atoms with E-state index in [-0.39, 0.29) is 17.1 Å². The van der Waals surface area contributed by atoms with E-state index in [1.54, 1.807) is 0 Å². The van der Waals surface area contributed by atoms with Gasteiger partial charge in [-0.15, -0.1) is 0 Å². The van der Waals surface area contributed by atoms with E-state index in [2.05, 4.69) is 4.98 Å². The molecule has 5 heteroatoms. The minimum Gasteiger partial charge on any atom is -0.366 e. The van der Waals surface area contributed by atoms with Crippen LogP contribution in [0, 0.1) is 0 Å².